The highest BCUT2D eigenvalue weighted by atomic mass is 32.1. The maximum Gasteiger partial charge on any atom is 0.358 e. The summed E-state index contributed by atoms with van der Waals surface area (Å²) in [7, 11) is 0. The molecule has 0 aliphatic heterocycles. The number of nitrogens with two attached hydrogens (primary N) is 2. The Balaban J connectivity index is 3.68. The van der Waals surface area contributed by atoms with Gasteiger partial charge in [0.25, 0.3) is 11.4 Å². The van der Waals surface area contributed by atoms with Crippen molar-refractivity contribution in [3.05, 3.63) is 0 Å². The summed E-state index contributed by atoms with van der Waals surface area (Å²) in [6.45, 7) is 0. The summed E-state index contributed by atoms with van der Waals surface area (Å²) in [4.78, 5) is 9.48. The summed E-state index contributed by atoms with van der Waals surface area (Å²) in [5.41, 5.74) is 9.46. The maximum atomic E-state index is 9.48. The van der Waals surface area contributed by atoms with Gasteiger partial charge in [-0.2, -0.15) is 0 Å². The Hall–Kier alpha value is -0.520. The molecule has 0 fully saturated rings. The highest BCUT2D eigenvalue weighted by molar-refractivity contribution is 7.93. The van der Waals surface area contributed by atoms with Crippen molar-refractivity contribution < 1.29 is 9.90 Å². The summed E-state index contributed by atoms with van der Waals surface area (Å²) in [5, 5.41) is 7.94. The lowest BCUT2D eigenvalue weighted by atomic mass is 11.3. The van der Waals surface area contributed by atoms with E-state index in [-0.39, 0.29) is 16.5 Å². The Morgan fingerprint density at radius 3 is 2.00 bits per heavy atom. The second-order valence-corrected chi connectivity index (χ2v) is 1.76. The van der Waals surface area contributed by atoms with E-state index in [4.69, 9.17) is 11.5 Å². The molecule has 0 aliphatic carbocycles. The van der Waals surface area contributed by atoms with Gasteiger partial charge in [-0.1, -0.05) is 0 Å². The zero-order valence-electron chi connectivity index (χ0n) is 3.38. The van der Waals surface area contributed by atoms with Crippen LogP contribution >= 0.6 is 0 Å². The van der Waals surface area contributed by atoms with Gasteiger partial charge in [-0.3, -0.25) is 0 Å². The quantitative estimate of drug-likeness (QED) is 0.271. The summed E-state index contributed by atoms with van der Waals surface area (Å²) in [5.74, 6) is 0. The van der Waals surface area contributed by atoms with Crippen LogP contribution in [-0.4, -0.2) is 10.4 Å². The normalized spacial score (nSPS) is 7.71. The standard InChI is InChI=1S/C2H4N2O2S/c3-1(4)7-2(5)6/h3-4H2. The summed E-state index contributed by atoms with van der Waals surface area (Å²) >= 11 is 0.287. The lowest BCUT2D eigenvalue weighted by molar-refractivity contribution is -0.232. The number of carboxylic acid groups (broad SMARTS) is 1. The van der Waals surface area contributed by atoms with Crippen LogP contribution in [0.4, 0.5) is 4.79 Å². The zero-order valence-corrected chi connectivity index (χ0v) is 4.20. The molecule has 0 atom stereocenters. The monoisotopic (exact) mass is 120 g/mol. The Morgan fingerprint density at radius 1 is 1.57 bits per heavy atom. The molecule has 0 spiro atoms. The van der Waals surface area contributed by atoms with Gasteiger partial charge in [-0.05, 0) is 0 Å². The average Bonchev–Trinajstić information content (AvgIpc) is 1.27. The van der Waals surface area contributed by atoms with Gasteiger partial charge in [0.2, 0.25) is 0 Å². The molecule has 0 saturated heterocycles. The number of carbonyl (C=O) groups is 1. The van der Waals surface area contributed by atoms with Crippen molar-refractivity contribution in [2.24, 2.45) is 11.5 Å². The molecule has 5 heteroatoms. The molecule has 0 aromatic carbocycles. The van der Waals surface area contributed by atoms with Crippen LogP contribution in [0.3, 0.4) is 0 Å². The van der Waals surface area contributed by atoms with Gasteiger partial charge in [0, 0.05) is 0 Å². The molecule has 0 aromatic rings. The van der Waals surface area contributed by atoms with E-state index in [1.54, 1.807) is 0 Å². The molecule has 0 aromatic heterocycles. The first-order chi connectivity index (χ1) is 3.13. The van der Waals surface area contributed by atoms with E-state index in [0.717, 1.165) is 0 Å². The molecule has 0 unspecified atom stereocenters. The van der Waals surface area contributed by atoms with E-state index in [0.29, 0.717) is 0 Å². The highest BCUT2D eigenvalue weighted by Gasteiger charge is 1.97. The van der Waals surface area contributed by atoms with Crippen LogP contribution in [0.2, 0.25) is 0 Å². The van der Waals surface area contributed by atoms with Crippen molar-refractivity contribution in [1.82, 2.24) is 0 Å². The molecular formula is C2H4N2O2S. The van der Waals surface area contributed by atoms with Crippen molar-refractivity contribution >= 4 is 21.8 Å². The Bertz CT molecular complexity index is 106. The molecule has 0 rings (SSSR count). The fourth-order valence-electron chi connectivity index (χ4n) is 0.0962. The molecule has 0 bridgehead atoms. The van der Waals surface area contributed by atoms with Crippen LogP contribution in [0.25, 0.3) is 0 Å². The highest BCUT2D eigenvalue weighted by Crippen LogP contribution is 1.53. The topological polar surface area (TPSA) is 92.2 Å². The molecule has 4 N–H and O–H groups in total. The summed E-state index contributed by atoms with van der Waals surface area (Å²) in [6.07, 6.45) is 0. The fraction of sp³-hybridized carbons (Fsp3) is 0. The van der Waals surface area contributed by atoms with Crippen LogP contribution in [0.15, 0.2) is 0 Å². The van der Waals surface area contributed by atoms with E-state index in [1.165, 1.54) is 0 Å². The van der Waals surface area contributed by atoms with Crippen LogP contribution < -0.4 is 16.6 Å². The van der Waals surface area contributed by atoms with E-state index >= 15 is 0 Å². The molecule has 0 radical (unpaired) electrons. The predicted octanol–water partition coefficient (Wildman–Crippen LogP) is -2.58. The van der Waals surface area contributed by atoms with Crippen LogP contribution in [0.5, 0.6) is 0 Å². The number of rotatable bonds is 0. The average molecular weight is 120 g/mol. The lowest BCUT2D eigenvalue weighted by Gasteiger charge is -1.70. The van der Waals surface area contributed by atoms with Gasteiger partial charge in [-0.15, -0.1) is 0 Å². The minimum Gasteiger partial charge on any atom is -0.496 e. The van der Waals surface area contributed by atoms with Gasteiger partial charge in [0.05, 0.1) is 0 Å². The SMILES string of the molecule is NC(N)=[S+]C(=O)[O-]. The Labute approximate surface area is 44.1 Å². The number of carbonyl (C=O) groups excluding carboxylic acids is 1. The Kier molecular flexibility index (Phi) is 2.42. The van der Waals surface area contributed by atoms with Gasteiger partial charge >= 0.3 is 10.4 Å². The molecule has 40 valence electrons. The third-order valence-corrected chi connectivity index (χ3v) is 0.604. The van der Waals surface area contributed by atoms with E-state index in [9.17, 15) is 9.90 Å². The van der Waals surface area contributed by atoms with Crippen molar-refractivity contribution in [3.63, 3.8) is 0 Å². The van der Waals surface area contributed by atoms with Crippen LogP contribution in [-0.2, 0) is 11.4 Å². The van der Waals surface area contributed by atoms with Gasteiger partial charge in [-0.25, -0.2) is 11.5 Å². The minimum atomic E-state index is -1.33. The third-order valence-electron chi connectivity index (χ3n) is 0.201. The van der Waals surface area contributed by atoms with Gasteiger partial charge in [0.1, 0.15) is 0 Å². The summed E-state index contributed by atoms with van der Waals surface area (Å²) < 4.78 is 0. The molecule has 0 aliphatic rings. The minimum absolute atomic E-state index is 0.208. The van der Waals surface area contributed by atoms with Crippen molar-refractivity contribution in [3.8, 4) is 0 Å². The largest absolute Gasteiger partial charge is 0.496 e. The molecule has 0 heterocycles. The van der Waals surface area contributed by atoms with Crippen molar-refractivity contribution in [2.45, 2.75) is 0 Å². The van der Waals surface area contributed by atoms with Crippen LogP contribution in [0, 0.1) is 0 Å². The molecule has 4 nitrogen and oxygen atoms in total. The zero-order chi connectivity index (χ0) is 5.86. The van der Waals surface area contributed by atoms with Crippen molar-refractivity contribution in [1.29, 1.82) is 0 Å². The van der Waals surface area contributed by atoms with Gasteiger partial charge < -0.3 is 9.90 Å². The molecular weight excluding hydrogens is 116 g/mol. The smallest absolute Gasteiger partial charge is 0.358 e. The predicted molar refractivity (Wildman–Crippen MR) is 26.1 cm³/mol. The molecule has 0 saturated carbocycles. The van der Waals surface area contributed by atoms with E-state index in [2.05, 4.69) is 0 Å². The number of hydrogen-bond donors (Lipinski definition) is 2. The van der Waals surface area contributed by atoms with Crippen LogP contribution in [0.1, 0.15) is 0 Å². The first-order valence-electron chi connectivity index (χ1n) is 1.39. The van der Waals surface area contributed by atoms with Crippen molar-refractivity contribution in [2.75, 3.05) is 0 Å². The molecule has 0 amide bonds. The van der Waals surface area contributed by atoms with Gasteiger partial charge in [0.15, 0.2) is 0 Å². The Morgan fingerprint density at radius 2 is 2.00 bits per heavy atom. The maximum absolute atomic E-state index is 9.48. The first kappa shape index (κ1) is 6.48. The van der Waals surface area contributed by atoms with E-state index < -0.39 is 5.30 Å². The fourth-order valence-corrected chi connectivity index (χ4v) is 0.289. The third kappa shape index (κ3) is 5.48. The molecule has 7 heavy (non-hydrogen) atoms. The lowest BCUT2D eigenvalue weighted by Crippen LogP contribution is -2.30. The second kappa shape index (κ2) is 2.62. The first-order valence-corrected chi connectivity index (χ1v) is 2.21. The van der Waals surface area contributed by atoms with E-state index in [1.807, 2.05) is 0 Å². The second-order valence-electron chi connectivity index (χ2n) is 0.754. The number of hydrogen-bond acceptors (Lipinski definition) is 2. The summed E-state index contributed by atoms with van der Waals surface area (Å²) in [6, 6.07) is 0.